The Balaban J connectivity index is 1.32. The van der Waals surface area contributed by atoms with Crippen LogP contribution < -0.4 is 10.2 Å². The fraction of sp³-hybridized carbons (Fsp3) is 0.471. The van der Waals surface area contributed by atoms with Crippen LogP contribution in [0.5, 0.6) is 0 Å². The van der Waals surface area contributed by atoms with Gasteiger partial charge in [-0.3, -0.25) is 9.69 Å². The van der Waals surface area contributed by atoms with Crippen molar-refractivity contribution in [1.29, 1.82) is 5.26 Å². The number of rotatable bonds is 4. The van der Waals surface area contributed by atoms with Gasteiger partial charge in [0.1, 0.15) is 11.1 Å². The molecule has 1 aliphatic carbocycles. The van der Waals surface area contributed by atoms with Crippen LogP contribution in [0, 0.1) is 11.3 Å². The topological polar surface area (TPSA) is 72.3 Å². The number of thiazole rings is 1. The Labute approximate surface area is 154 Å². The summed E-state index contributed by atoms with van der Waals surface area (Å²) in [4.78, 5) is 22.4. The maximum absolute atomic E-state index is 12.4. The number of hydrogen-bond acceptors (Lipinski definition) is 7. The van der Waals surface area contributed by atoms with E-state index in [1.54, 1.807) is 22.7 Å². The molecule has 2 aromatic rings. The highest BCUT2D eigenvalue weighted by Gasteiger charge is 2.24. The second-order valence-electron chi connectivity index (χ2n) is 6.30. The van der Waals surface area contributed by atoms with E-state index in [0.717, 1.165) is 61.1 Å². The Morgan fingerprint density at radius 3 is 2.88 bits per heavy atom. The molecule has 130 valence electrons. The van der Waals surface area contributed by atoms with Gasteiger partial charge in [-0.15, -0.1) is 22.7 Å². The predicted octanol–water partition coefficient (Wildman–Crippen LogP) is 2.33. The number of anilines is 2. The summed E-state index contributed by atoms with van der Waals surface area (Å²) in [5.41, 5.74) is 1.83. The molecule has 4 rings (SSSR count). The van der Waals surface area contributed by atoms with Crippen molar-refractivity contribution < 1.29 is 4.79 Å². The minimum Gasteiger partial charge on any atom is -0.346 e. The van der Waals surface area contributed by atoms with E-state index in [2.05, 4.69) is 26.2 Å². The zero-order valence-corrected chi connectivity index (χ0v) is 15.5. The predicted molar refractivity (Wildman–Crippen MR) is 100 cm³/mol. The summed E-state index contributed by atoms with van der Waals surface area (Å²) in [6.45, 7) is 3.84. The van der Waals surface area contributed by atoms with Crippen molar-refractivity contribution >= 4 is 38.7 Å². The van der Waals surface area contributed by atoms with E-state index in [4.69, 9.17) is 0 Å². The Kier molecular flexibility index (Phi) is 4.70. The number of hydrogen-bond donors (Lipinski definition) is 1. The fourth-order valence-corrected chi connectivity index (χ4v) is 5.40. The normalized spacial score (nSPS) is 17.3. The largest absolute Gasteiger partial charge is 0.346 e. The lowest BCUT2D eigenvalue weighted by molar-refractivity contribution is -0.117. The molecule has 6 nitrogen and oxygen atoms in total. The van der Waals surface area contributed by atoms with Crippen LogP contribution in [-0.4, -0.2) is 48.5 Å². The standard InChI is InChI=1S/C17H19N5OS2/c18-10-13-12-2-1-3-14(12)25-16(13)20-15(23)11-21-5-7-22(8-6-21)17-19-4-9-24-17/h4,9H,1-3,5-8,11H2,(H,20,23). The second kappa shape index (κ2) is 7.12. The van der Waals surface area contributed by atoms with Crippen molar-refractivity contribution in [1.82, 2.24) is 9.88 Å². The van der Waals surface area contributed by atoms with E-state index in [1.165, 1.54) is 4.88 Å². The first-order valence-electron chi connectivity index (χ1n) is 8.46. The second-order valence-corrected chi connectivity index (χ2v) is 8.28. The molecular formula is C17H19N5OS2. The first kappa shape index (κ1) is 16.5. The van der Waals surface area contributed by atoms with Crippen LogP contribution >= 0.6 is 22.7 Å². The molecule has 25 heavy (non-hydrogen) atoms. The third-order valence-corrected chi connectivity index (χ3v) is 6.75. The molecule has 0 unspecified atom stereocenters. The van der Waals surface area contributed by atoms with Gasteiger partial charge in [0.2, 0.25) is 5.91 Å². The molecule has 1 amide bonds. The molecule has 8 heteroatoms. The van der Waals surface area contributed by atoms with Crippen LogP contribution in [0.4, 0.5) is 10.1 Å². The van der Waals surface area contributed by atoms with Crippen molar-refractivity contribution in [2.75, 3.05) is 42.9 Å². The highest BCUT2D eigenvalue weighted by atomic mass is 32.1. The third kappa shape index (κ3) is 3.40. The van der Waals surface area contributed by atoms with Gasteiger partial charge in [0.15, 0.2) is 5.13 Å². The number of nitriles is 1. The minimum atomic E-state index is -0.0286. The highest BCUT2D eigenvalue weighted by Crippen LogP contribution is 2.38. The first-order chi connectivity index (χ1) is 12.2. The Bertz CT molecular complexity index is 800. The molecule has 0 atom stereocenters. The maximum atomic E-state index is 12.4. The molecule has 3 heterocycles. The van der Waals surface area contributed by atoms with Crippen LogP contribution in [0.25, 0.3) is 0 Å². The fourth-order valence-electron chi connectivity index (χ4n) is 3.45. The molecule has 0 radical (unpaired) electrons. The number of nitrogens with one attached hydrogen (secondary N) is 1. The molecule has 1 N–H and O–H groups in total. The van der Waals surface area contributed by atoms with Gasteiger partial charge < -0.3 is 10.2 Å². The summed E-state index contributed by atoms with van der Waals surface area (Å²) in [5, 5.41) is 16.2. The average molecular weight is 374 g/mol. The number of aromatic nitrogens is 1. The van der Waals surface area contributed by atoms with Crippen LogP contribution in [0.2, 0.25) is 0 Å². The zero-order chi connectivity index (χ0) is 17.2. The number of aryl methyl sites for hydroxylation is 1. The lowest BCUT2D eigenvalue weighted by Crippen LogP contribution is -2.48. The van der Waals surface area contributed by atoms with Crippen LogP contribution in [0.3, 0.4) is 0 Å². The van der Waals surface area contributed by atoms with Crippen molar-refractivity contribution in [2.24, 2.45) is 0 Å². The summed E-state index contributed by atoms with van der Waals surface area (Å²) in [7, 11) is 0. The van der Waals surface area contributed by atoms with Gasteiger partial charge in [-0.2, -0.15) is 5.26 Å². The van der Waals surface area contributed by atoms with Gasteiger partial charge in [0.05, 0.1) is 12.1 Å². The molecule has 0 bridgehead atoms. The number of amides is 1. The van der Waals surface area contributed by atoms with Gasteiger partial charge in [0.25, 0.3) is 0 Å². The van der Waals surface area contributed by atoms with Gasteiger partial charge in [-0.25, -0.2) is 4.98 Å². The maximum Gasteiger partial charge on any atom is 0.239 e. The van der Waals surface area contributed by atoms with Crippen molar-refractivity contribution in [3.05, 3.63) is 27.6 Å². The van der Waals surface area contributed by atoms with Gasteiger partial charge >= 0.3 is 0 Å². The average Bonchev–Trinajstić information content (AvgIpc) is 3.32. The molecule has 1 aliphatic heterocycles. The van der Waals surface area contributed by atoms with Crippen LogP contribution in [0.15, 0.2) is 11.6 Å². The molecule has 0 saturated carbocycles. The molecule has 1 saturated heterocycles. The van der Waals surface area contributed by atoms with Crippen LogP contribution in [-0.2, 0) is 17.6 Å². The van der Waals surface area contributed by atoms with Gasteiger partial charge in [0, 0.05) is 42.6 Å². The third-order valence-electron chi connectivity index (χ3n) is 4.72. The lowest BCUT2D eigenvalue weighted by atomic mass is 10.1. The highest BCUT2D eigenvalue weighted by molar-refractivity contribution is 7.16. The smallest absolute Gasteiger partial charge is 0.239 e. The number of nitrogens with zero attached hydrogens (tertiary/aromatic N) is 4. The molecule has 0 spiro atoms. The minimum absolute atomic E-state index is 0.0286. The summed E-state index contributed by atoms with van der Waals surface area (Å²) in [5.74, 6) is -0.0286. The number of piperazine rings is 1. The van der Waals surface area contributed by atoms with Crippen molar-refractivity contribution in [2.45, 2.75) is 19.3 Å². The first-order valence-corrected chi connectivity index (χ1v) is 10.2. The van der Waals surface area contributed by atoms with E-state index in [1.807, 2.05) is 11.6 Å². The molecular weight excluding hydrogens is 354 g/mol. The summed E-state index contributed by atoms with van der Waals surface area (Å²) in [6.07, 6.45) is 4.94. The van der Waals surface area contributed by atoms with Crippen molar-refractivity contribution in [3.8, 4) is 6.07 Å². The van der Waals surface area contributed by atoms with E-state index < -0.39 is 0 Å². The summed E-state index contributed by atoms with van der Waals surface area (Å²) < 4.78 is 0. The van der Waals surface area contributed by atoms with Gasteiger partial charge in [-0.1, -0.05) is 0 Å². The van der Waals surface area contributed by atoms with E-state index in [-0.39, 0.29) is 5.91 Å². The van der Waals surface area contributed by atoms with Crippen molar-refractivity contribution in [3.63, 3.8) is 0 Å². The van der Waals surface area contributed by atoms with E-state index in [0.29, 0.717) is 12.1 Å². The quantitative estimate of drug-likeness (QED) is 0.890. The summed E-state index contributed by atoms with van der Waals surface area (Å²) >= 11 is 3.22. The molecule has 1 fully saturated rings. The molecule has 2 aliphatic rings. The number of thiophene rings is 1. The lowest BCUT2D eigenvalue weighted by Gasteiger charge is -2.34. The number of fused-ring (bicyclic) bond motifs is 1. The Morgan fingerprint density at radius 1 is 1.32 bits per heavy atom. The Morgan fingerprint density at radius 2 is 2.16 bits per heavy atom. The van der Waals surface area contributed by atoms with E-state index >= 15 is 0 Å². The van der Waals surface area contributed by atoms with E-state index in [9.17, 15) is 10.1 Å². The SMILES string of the molecule is N#Cc1c(NC(=O)CN2CCN(c3nccs3)CC2)sc2c1CCC2. The monoisotopic (exact) mass is 373 g/mol. The zero-order valence-electron chi connectivity index (χ0n) is 13.8. The molecule has 0 aromatic carbocycles. The Hall–Kier alpha value is -1.95. The number of carbonyl (C=O) groups excluding carboxylic acids is 1. The molecule has 2 aromatic heterocycles. The summed E-state index contributed by atoms with van der Waals surface area (Å²) in [6, 6.07) is 2.28. The van der Waals surface area contributed by atoms with Crippen LogP contribution in [0.1, 0.15) is 22.4 Å². The van der Waals surface area contributed by atoms with Gasteiger partial charge in [-0.05, 0) is 24.8 Å². The number of carbonyl (C=O) groups is 1.